The summed E-state index contributed by atoms with van der Waals surface area (Å²) in [5, 5.41) is 5.69. The fraction of sp³-hybridized carbons (Fsp3) is 0.158. The van der Waals surface area contributed by atoms with Crippen LogP contribution in [0, 0.1) is 13.8 Å². The molecule has 2 aromatic carbocycles. The van der Waals surface area contributed by atoms with Gasteiger partial charge in [0.25, 0.3) is 0 Å². The van der Waals surface area contributed by atoms with Gasteiger partial charge in [-0.1, -0.05) is 35.9 Å². The smallest absolute Gasteiger partial charge is 0.339 e. The number of aryl methyl sites for hydroxylation is 2. The van der Waals surface area contributed by atoms with Crippen molar-refractivity contribution >= 4 is 23.1 Å². The van der Waals surface area contributed by atoms with Gasteiger partial charge in [0.15, 0.2) is 0 Å². The second-order valence-corrected chi connectivity index (χ2v) is 5.88. The van der Waals surface area contributed by atoms with Crippen LogP contribution < -0.4 is 10.6 Å². The van der Waals surface area contributed by atoms with Crippen LogP contribution in [0.4, 0.5) is 36.3 Å². The first kappa shape index (κ1) is 17.7. The Morgan fingerprint density at radius 2 is 1.58 bits per heavy atom. The van der Waals surface area contributed by atoms with Crippen LogP contribution in [0.5, 0.6) is 0 Å². The summed E-state index contributed by atoms with van der Waals surface area (Å²) in [6.07, 6.45) is -3.78. The predicted octanol–water partition coefficient (Wildman–Crippen LogP) is 5.60. The molecular formula is C19H17F3N4. The van der Waals surface area contributed by atoms with E-state index in [2.05, 4.69) is 20.6 Å². The van der Waals surface area contributed by atoms with Crippen LogP contribution in [0.1, 0.15) is 16.7 Å². The molecule has 0 atom stereocenters. The van der Waals surface area contributed by atoms with Crippen LogP contribution in [-0.4, -0.2) is 9.97 Å². The minimum atomic E-state index is -4.56. The lowest BCUT2D eigenvalue weighted by Crippen LogP contribution is -2.13. The molecule has 0 bridgehead atoms. The highest BCUT2D eigenvalue weighted by Gasteiger charge is 2.35. The van der Waals surface area contributed by atoms with Gasteiger partial charge >= 0.3 is 6.18 Å². The summed E-state index contributed by atoms with van der Waals surface area (Å²) in [5.74, 6) is -0.214. The summed E-state index contributed by atoms with van der Waals surface area (Å²) < 4.78 is 39.9. The van der Waals surface area contributed by atoms with Gasteiger partial charge in [0.05, 0.1) is 0 Å². The maximum absolute atomic E-state index is 13.3. The number of rotatable bonds is 4. The average Bonchev–Trinajstić information content (AvgIpc) is 2.58. The number of benzene rings is 2. The van der Waals surface area contributed by atoms with E-state index in [4.69, 9.17) is 0 Å². The topological polar surface area (TPSA) is 49.8 Å². The van der Waals surface area contributed by atoms with Gasteiger partial charge in [0.2, 0.25) is 5.95 Å². The van der Waals surface area contributed by atoms with Gasteiger partial charge in [0, 0.05) is 17.6 Å². The highest BCUT2D eigenvalue weighted by atomic mass is 19.4. The van der Waals surface area contributed by atoms with Crippen LogP contribution in [0.2, 0.25) is 0 Å². The average molecular weight is 358 g/mol. The molecule has 7 heteroatoms. The highest BCUT2D eigenvalue weighted by Crippen LogP contribution is 2.35. The summed E-state index contributed by atoms with van der Waals surface area (Å²) in [7, 11) is 0. The zero-order valence-electron chi connectivity index (χ0n) is 14.2. The molecular weight excluding hydrogens is 341 g/mol. The van der Waals surface area contributed by atoms with Gasteiger partial charge in [-0.2, -0.15) is 18.2 Å². The van der Waals surface area contributed by atoms with Gasteiger partial charge in [-0.05, 0) is 37.6 Å². The zero-order chi connectivity index (χ0) is 18.7. The van der Waals surface area contributed by atoms with E-state index in [-0.39, 0.29) is 11.8 Å². The Morgan fingerprint density at radius 1 is 0.885 bits per heavy atom. The number of hydrogen-bond donors (Lipinski definition) is 2. The fourth-order valence-electron chi connectivity index (χ4n) is 2.35. The van der Waals surface area contributed by atoms with E-state index in [1.165, 1.54) is 0 Å². The third-order valence-corrected chi connectivity index (χ3v) is 3.80. The molecule has 1 aromatic heterocycles. The van der Waals surface area contributed by atoms with Crippen LogP contribution in [-0.2, 0) is 6.18 Å². The minimum absolute atomic E-state index is 0.0814. The summed E-state index contributed by atoms with van der Waals surface area (Å²) in [6, 6.07) is 14.5. The first-order valence-electron chi connectivity index (χ1n) is 7.93. The molecule has 0 amide bonds. The van der Waals surface area contributed by atoms with E-state index in [9.17, 15) is 13.2 Å². The quantitative estimate of drug-likeness (QED) is 0.637. The molecule has 26 heavy (non-hydrogen) atoms. The van der Waals surface area contributed by atoms with Crippen molar-refractivity contribution in [2.45, 2.75) is 20.0 Å². The van der Waals surface area contributed by atoms with Crippen molar-refractivity contribution in [3.8, 4) is 0 Å². The van der Waals surface area contributed by atoms with Crippen LogP contribution >= 0.6 is 0 Å². The molecule has 0 fully saturated rings. The molecule has 3 rings (SSSR count). The van der Waals surface area contributed by atoms with Gasteiger partial charge in [-0.25, -0.2) is 4.98 Å². The Balaban J connectivity index is 1.96. The SMILES string of the molecule is Cc1ccc(Nc2ncc(C(F)(F)F)c(Nc3ccccc3C)n2)cc1. The Morgan fingerprint density at radius 3 is 2.23 bits per heavy atom. The van der Waals surface area contributed by atoms with E-state index in [1.54, 1.807) is 12.1 Å². The second kappa shape index (κ2) is 7.03. The first-order valence-corrected chi connectivity index (χ1v) is 7.93. The number of para-hydroxylation sites is 1. The molecule has 0 aliphatic rings. The highest BCUT2D eigenvalue weighted by molar-refractivity contribution is 5.65. The molecule has 0 unspecified atom stereocenters. The number of halogens is 3. The van der Waals surface area contributed by atoms with Crippen LogP contribution in [0.15, 0.2) is 54.7 Å². The Bertz CT molecular complexity index is 905. The van der Waals surface area contributed by atoms with Crippen molar-refractivity contribution in [1.82, 2.24) is 9.97 Å². The van der Waals surface area contributed by atoms with Gasteiger partial charge in [0.1, 0.15) is 11.4 Å². The van der Waals surface area contributed by atoms with Crippen molar-refractivity contribution in [2.75, 3.05) is 10.6 Å². The second-order valence-electron chi connectivity index (χ2n) is 5.88. The standard InChI is InChI=1S/C19H17F3N4/c1-12-7-9-14(10-8-12)24-18-23-11-15(19(20,21)22)17(26-18)25-16-6-4-3-5-13(16)2/h3-11H,1-2H3,(H2,23,24,25,26). The molecule has 0 radical (unpaired) electrons. The molecule has 0 saturated carbocycles. The predicted molar refractivity (Wildman–Crippen MR) is 96.0 cm³/mol. The number of nitrogens with one attached hydrogen (secondary N) is 2. The maximum Gasteiger partial charge on any atom is 0.421 e. The van der Waals surface area contributed by atoms with Crippen molar-refractivity contribution in [3.63, 3.8) is 0 Å². The summed E-state index contributed by atoms with van der Waals surface area (Å²) in [4.78, 5) is 7.85. The minimum Gasteiger partial charge on any atom is -0.339 e. The van der Waals surface area contributed by atoms with E-state index in [1.807, 2.05) is 50.2 Å². The lowest BCUT2D eigenvalue weighted by atomic mass is 10.2. The van der Waals surface area contributed by atoms with E-state index in [0.29, 0.717) is 11.4 Å². The Hall–Kier alpha value is -3.09. The number of nitrogens with zero attached hydrogens (tertiary/aromatic N) is 2. The molecule has 3 aromatic rings. The van der Waals surface area contributed by atoms with Crippen molar-refractivity contribution < 1.29 is 13.2 Å². The van der Waals surface area contributed by atoms with Gasteiger partial charge < -0.3 is 10.6 Å². The van der Waals surface area contributed by atoms with E-state index < -0.39 is 11.7 Å². The lowest BCUT2D eigenvalue weighted by molar-refractivity contribution is -0.137. The first-order chi connectivity index (χ1) is 12.3. The summed E-state index contributed by atoms with van der Waals surface area (Å²) in [5.41, 5.74) is 2.21. The molecule has 0 spiro atoms. The Kier molecular flexibility index (Phi) is 4.79. The monoisotopic (exact) mass is 358 g/mol. The van der Waals surface area contributed by atoms with Crippen molar-refractivity contribution in [2.24, 2.45) is 0 Å². The molecule has 4 nitrogen and oxygen atoms in total. The maximum atomic E-state index is 13.3. The molecule has 0 aliphatic carbocycles. The van der Waals surface area contributed by atoms with E-state index in [0.717, 1.165) is 17.3 Å². The third kappa shape index (κ3) is 4.11. The molecule has 1 heterocycles. The third-order valence-electron chi connectivity index (χ3n) is 3.80. The molecule has 134 valence electrons. The van der Waals surface area contributed by atoms with E-state index >= 15 is 0 Å². The summed E-state index contributed by atoms with van der Waals surface area (Å²) in [6.45, 7) is 3.75. The lowest BCUT2D eigenvalue weighted by Gasteiger charge is -2.16. The fourth-order valence-corrected chi connectivity index (χ4v) is 2.35. The van der Waals surface area contributed by atoms with Crippen molar-refractivity contribution in [3.05, 3.63) is 71.4 Å². The zero-order valence-corrected chi connectivity index (χ0v) is 14.2. The number of alkyl halides is 3. The molecule has 0 saturated heterocycles. The van der Waals surface area contributed by atoms with Gasteiger partial charge in [-0.3, -0.25) is 0 Å². The number of hydrogen-bond acceptors (Lipinski definition) is 4. The van der Waals surface area contributed by atoms with Crippen molar-refractivity contribution in [1.29, 1.82) is 0 Å². The number of aromatic nitrogens is 2. The van der Waals surface area contributed by atoms with Crippen LogP contribution in [0.3, 0.4) is 0 Å². The summed E-state index contributed by atoms with van der Waals surface area (Å²) >= 11 is 0. The van der Waals surface area contributed by atoms with Gasteiger partial charge in [-0.15, -0.1) is 0 Å². The normalized spacial score (nSPS) is 11.3. The number of anilines is 4. The molecule has 2 N–H and O–H groups in total. The Labute approximate surface area is 149 Å². The van der Waals surface area contributed by atoms with Crippen LogP contribution in [0.25, 0.3) is 0 Å². The largest absolute Gasteiger partial charge is 0.421 e. The molecule has 0 aliphatic heterocycles.